The van der Waals surface area contributed by atoms with Gasteiger partial charge in [0, 0.05) is 10.5 Å². The van der Waals surface area contributed by atoms with Crippen molar-refractivity contribution < 1.29 is 4.92 Å². The summed E-state index contributed by atoms with van der Waals surface area (Å²) in [7, 11) is 0. The van der Waals surface area contributed by atoms with Gasteiger partial charge in [0.05, 0.1) is 10.6 Å². The molecule has 1 aromatic carbocycles. The van der Waals surface area contributed by atoms with Gasteiger partial charge in [-0.25, -0.2) is 0 Å². The minimum absolute atomic E-state index is 0.0248. The molecule has 0 bridgehead atoms. The van der Waals surface area contributed by atoms with Crippen molar-refractivity contribution in [2.45, 2.75) is 0 Å². The number of hydrogen-bond donors (Lipinski definition) is 1. The molecule has 1 rings (SSSR count). The summed E-state index contributed by atoms with van der Waals surface area (Å²) in [5, 5.41) is 10.3. The highest BCUT2D eigenvalue weighted by molar-refractivity contribution is 9.10. The Balaban J connectivity index is 3.37. The lowest BCUT2D eigenvalue weighted by Crippen LogP contribution is -1.93. The molecule has 0 saturated heterocycles. The lowest BCUT2D eigenvalue weighted by molar-refractivity contribution is -0.384. The zero-order chi connectivity index (χ0) is 9.30. The van der Waals surface area contributed by atoms with E-state index in [1.54, 1.807) is 0 Å². The van der Waals surface area contributed by atoms with Gasteiger partial charge in [0.15, 0.2) is 0 Å². The van der Waals surface area contributed by atoms with Gasteiger partial charge in [-0.2, -0.15) is 0 Å². The van der Waals surface area contributed by atoms with E-state index >= 15 is 0 Å². The van der Waals surface area contributed by atoms with Gasteiger partial charge in [-0.15, -0.1) is 0 Å². The molecule has 0 heterocycles. The van der Waals surface area contributed by atoms with E-state index in [0.717, 1.165) is 0 Å². The molecular formula is C6H4BrClN2O2. The van der Waals surface area contributed by atoms with Crippen molar-refractivity contribution in [3.8, 4) is 0 Å². The Morgan fingerprint density at radius 1 is 1.58 bits per heavy atom. The van der Waals surface area contributed by atoms with Crippen LogP contribution in [0.25, 0.3) is 0 Å². The van der Waals surface area contributed by atoms with Crippen LogP contribution >= 0.6 is 27.5 Å². The average Bonchev–Trinajstić information content (AvgIpc) is 1.96. The number of rotatable bonds is 1. The molecule has 0 aromatic heterocycles. The van der Waals surface area contributed by atoms with Gasteiger partial charge in [0.25, 0.3) is 5.69 Å². The largest absolute Gasteiger partial charge is 0.397 e. The minimum atomic E-state index is -0.580. The average molecular weight is 251 g/mol. The molecule has 6 heteroatoms. The van der Waals surface area contributed by atoms with Gasteiger partial charge < -0.3 is 5.73 Å². The molecule has 0 radical (unpaired) electrons. The molecule has 0 aliphatic heterocycles. The summed E-state index contributed by atoms with van der Waals surface area (Å²) in [6.07, 6.45) is 0. The number of nitro groups is 1. The summed E-state index contributed by atoms with van der Waals surface area (Å²) in [6.45, 7) is 0. The van der Waals surface area contributed by atoms with Crippen molar-refractivity contribution in [3.63, 3.8) is 0 Å². The lowest BCUT2D eigenvalue weighted by Gasteiger charge is -1.99. The summed E-state index contributed by atoms with van der Waals surface area (Å²) in [4.78, 5) is 9.79. The smallest absolute Gasteiger partial charge is 0.291 e. The van der Waals surface area contributed by atoms with Crippen LogP contribution in [0.2, 0.25) is 5.02 Å². The molecule has 0 atom stereocenters. The Labute approximate surface area is 81.6 Å². The fourth-order valence-electron chi connectivity index (χ4n) is 0.728. The zero-order valence-corrected chi connectivity index (χ0v) is 8.09. The van der Waals surface area contributed by atoms with Crippen molar-refractivity contribution in [1.29, 1.82) is 0 Å². The third-order valence-corrected chi connectivity index (χ3v) is 2.11. The Hall–Kier alpha value is -0.810. The maximum Gasteiger partial charge on any atom is 0.291 e. The van der Waals surface area contributed by atoms with E-state index in [0.29, 0.717) is 4.47 Å². The fourth-order valence-corrected chi connectivity index (χ4v) is 1.37. The van der Waals surface area contributed by atoms with Crippen molar-refractivity contribution in [2.75, 3.05) is 5.73 Å². The number of nitrogens with zero attached hydrogens (tertiary/aromatic N) is 1. The Bertz CT molecular complexity index is 343. The predicted molar refractivity (Wildman–Crippen MR) is 50.2 cm³/mol. The first kappa shape index (κ1) is 9.28. The zero-order valence-electron chi connectivity index (χ0n) is 5.75. The second-order valence-corrected chi connectivity index (χ2v) is 3.38. The van der Waals surface area contributed by atoms with E-state index in [1.165, 1.54) is 12.1 Å². The van der Waals surface area contributed by atoms with E-state index < -0.39 is 4.92 Å². The van der Waals surface area contributed by atoms with Crippen LogP contribution in [0.5, 0.6) is 0 Å². The minimum Gasteiger partial charge on any atom is -0.397 e. The van der Waals surface area contributed by atoms with Crippen LogP contribution in [0.15, 0.2) is 16.6 Å². The highest BCUT2D eigenvalue weighted by atomic mass is 79.9. The molecule has 0 spiro atoms. The van der Waals surface area contributed by atoms with Gasteiger partial charge in [0.2, 0.25) is 0 Å². The predicted octanol–water partition coefficient (Wildman–Crippen LogP) is 2.59. The van der Waals surface area contributed by atoms with E-state index in [9.17, 15) is 10.1 Å². The standard InChI is InChI=1S/C6H4BrClN2O2/c7-3-1-4(9)6(8)5(2-3)10(11)12/h1-2H,9H2. The summed E-state index contributed by atoms with van der Waals surface area (Å²) < 4.78 is 0.538. The molecular weight excluding hydrogens is 247 g/mol. The lowest BCUT2D eigenvalue weighted by atomic mass is 10.3. The topological polar surface area (TPSA) is 69.2 Å². The highest BCUT2D eigenvalue weighted by Gasteiger charge is 2.15. The SMILES string of the molecule is Nc1cc(Br)cc([N+](=O)[O-])c1Cl. The molecule has 0 aliphatic carbocycles. The number of nitro benzene ring substituents is 1. The van der Waals surface area contributed by atoms with Crippen LogP contribution in [0, 0.1) is 10.1 Å². The summed E-state index contributed by atoms with van der Waals surface area (Å²) in [5.74, 6) is 0. The first-order valence-corrected chi connectivity index (χ1v) is 4.08. The Morgan fingerprint density at radius 2 is 2.17 bits per heavy atom. The van der Waals surface area contributed by atoms with Gasteiger partial charge in [-0.05, 0) is 6.07 Å². The molecule has 4 nitrogen and oxygen atoms in total. The molecule has 64 valence electrons. The second kappa shape index (κ2) is 3.28. The third kappa shape index (κ3) is 1.67. The molecule has 1 aromatic rings. The van der Waals surface area contributed by atoms with Crippen LogP contribution < -0.4 is 5.73 Å². The number of nitrogen functional groups attached to an aromatic ring is 1. The van der Waals surface area contributed by atoms with E-state index in [1.807, 2.05) is 0 Å². The molecule has 0 aliphatic rings. The molecule has 0 unspecified atom stereocenters. The molecule has 2 N–H and O–H groups in total. The number of halogens is 2. The molecule has 0 amide bonds. The van der Waals surface area contributed by atoms with Crippen LogP contribution in [0.1, 0.15) is 0 Å². The summed E-state index contributed by atoms with van der Waals surface area (Å²) in [5.41, 5.74) is 5.39. The van der Waals surface area contributed by atoms with Crippen LogP contribution in [-0.4, -0.2) is 4.92 Å². The van der Waals surface area contributed by atoms with Crippen molar-refractivity contribution in [2.24, 2.45) is 0 Å². The maximum absolute atomic E-state index is 10.4. The van der Waals surface area contributed by atoms with E-state index in [4.69, 9.17) is 17.3 Å². The van der Waals surface area contributed by atoms with Gasteiger partial charge in [-0.3, -0.25) is 10.1 Å². The van der Waals surface area contributed by atoms with Gasteiger partial charge in [-0.1, -0.05) is 27.5 Å². The van der Waals surface area contributed by atoms with Crippen LogP contribution in [0.4, 0.5) is 11.4 Å². The fraction of sp³-hybridized carbons (Fsp3) is 0. The number of anilines is 1. The van der Waals surface area contributed by atoms with Crippen molar-refractivity contribution in [3.05, 3.63) is 31.7 Å². The van der Waals surface area contributed by atoms with Gasteiger partial charge in [0.1, 0.15) is 5.02 Å². The van der Waals surface area contributed by atoms with Gasteiger partial charge >= 0.3 is 0 Å². The van der Waals surface area contributed by atoms with E-state index in [2.05, 4.69) is 15.9 Å². The first-order chi connectivity index (χ1) is 5.52. The summed E-state index contributed by atoms with van der Waals surface area (Å²) >= 11 is 8.65. The first-order valence-electron chi connectivity index (χ1n) is 2.91. The Kier molecular flexibility index (Phi) is 2.54. The van der Waals surface area contributed by atoms with Crippen molar-refractivity contribution >= 4 is 38.9 Å². The normalized spacial score (nSPS) is 9.83. The molecule has 12 heavy (non-hydrogen) atoms. The monoisotopic (exact) mass is 250 g/mol. The number of benzene rings is 1. The third-order valence-electron chi connectivity index (χ3n) is 1.24. The maximum atomic E-state index is 10.4. The second-order valence-electron chi connectivity index (χ2n) is 2.09. The molecule has 0 saturated carbocycles. The van der Waals surface area contributed by atoms with Crippen molar-refractivity contribution in [1.82, 2.24) is 0 Å². The quantitative estimate of drug-likeness (QED) is 0.474. The van der Waals surface area contributed by atoms with Crippen LogP contribution in [-0.2, 0) is 0 Å². The highest BCUT2D eigenvalue weighted by Crippen LogP contribution is 2.33. The van der Waals surface area contributed by atoms with Crippen LogP contribution in [0.3, 0.4) is 0 Å². The molecule has 0 fully saturated rings. The van der Waals surface area contributed by atoms with E-state index in [-0.39, 0.29) is 16.4 Å². The number of nitrogens with two attached hydrogens (primary N) is 1. The Morgan fingerprint density at radius 3 is 2.67 bits per heavy atom. The summed E-state index contributed by atoms with van der Waals surface area (Å²) in [6, 6.07) is 2.81. The number of hydrogen-bond acceptors (Lipinski definition) is 3.